The van der Waals surface area contributed by atoms with Crippen molar-refractivity contribution in [3.63, 3.8) is 0 Å². The zero-order chi connectivity index (χ0) is 16.2. The van der Waals surface area contributed by atoms with Gasteiger partial charge in [0.25, 0.3) is 5.56 Å². The Kier molecular flexibility index (Phi) is 9.28. The number of esters is 1. The maximum Gasteiger partial charge on any atom is 0.339 e. The second-order valence-corrected chi connectivity index (χ2v) is 5.71. The van der Waals surface area contributed by atoms with E-state index in [1.54, 1.807) is 16.8 Å². The number of hydrogen-bond donors (Lipinski definition) is 0. The van der Waals surface area contributed by atoms with Gasteiger partial charge in [0, 0.05) is 18.8 Å². The summed E-state index contributed by atoms with van der Waals surface area (Å²) in [5.41, 5.74) is 0.404. The molecule has 0 saturated carbocycles. The van der Waals surface area contributed by atoms with Gasteiger partial charge in [-0.1, -0.05) is 52.4 Å². The molecule has 4 nitrogen and oxygen atoms in total. The van der Waals surface area contributed by atoms with Gasteiger partial charge < -0.3 is 9.30 Å². The predicted molar refractivity (Wildman–Crippen MR) is 89.3 cm³/mol. The summed E-state index contributed by atoms with van der Waals surface area (Å²) < 4.78 is 6.87. The molecule has 4 heteroatoms. The second kappa shape index (κ2) is 11.0. The first-order chi connectivity index (χ1) is 10.7. The summed E-state index contributed by atoms with van der Waals surface area (Å²) in [6.45, 7) is 5.42. The fourth-order valence-corrected chi connectivity index (χ4v) is 2.31. The minimum absolute atomic E-state index is 0.0593. The van der Waals surface area contributed by atoms with Crippen molar-refractivity contribution >= 4 is 5.97 Å². The largest absolute Gasteiger partial charge is 0.462 e. The fourth-order valence-electron chi connectivity index (χ4n) is 2.31. The molecule has 0 unspecified atom stereocenters. The van der Waals surface area contributed by atoms with Gasteiger partial charge in [-0.25, -0.2) is 4.79 Å². The normalized spacial score (nSPS) is 10.6. The number of pyridine rings is 1. The average Bonchev–Trinajstić information content (AvgIpc) is 2.52. The van der Waals surface area contributed by atoms with Crippen molar-refractivity contribution in [1.82, 2.24) is 4.57 Å². The number of nitrogens with zero attached hydrogens (tertiary/aromatic N) is 1. The van der Waals surface area contributed by atoms with E-state index in [0.717, 1.165) is 32.1 Å². The van der Waals surface area contributed by atoms with Crippen molar-refractivity contribution in [2.75, 3.05) is 6.61 Å². The number of carbonyl (C=O) groups excluding carboxylic acids is 1. The van der Waals surface area contributed by atoms with E-state index >= 15 is 0 Å². The van der Waals surface area contributed by atoms with Crippen LogP contribution >= 0.6 is 0 Å². The molecule has 124 valence electrons. The van der Waals surface area contributed by atoms with E-state index in [2.05, 4.69) is 13.8 Å². The van der Waals surface area contributed by atoms with Crippen molar-refractivity contribution < 1.29 is 9.53 Å². The Balaban J connectivity index is 2.48. The Labute approximate surface area is 133 Å². The molecule has 0 aliphatic carbocycles. The van der Waals surface area contributed by atoms with Gasteiger partial charge in [-0.2, -0.15) is 0 Å². The predicted octanol–water partition coefficient (Wildman–Crippen LogP) is 4.17. The number of hydrogen-bond acceptors (Lipinski definition) is 3. The number of carbonyl (C=O) groups is 1. The van der Waals surface area contributed by atoms with Gasteiger partial charge in [-0.3, -0.25) is 4.79 Å². The third-order valence-corrected chi connectivity index (χ3v) is 3.70. The SMILES string of the molecule is CCCCCCOC(=O)c1ccc(=O)n(CCCCCC)c1. The summed E-state index contributed by atoms with van der Waals surface area (Å²) in [6, 6.07) is 3.01. The molecule has 22 heavy (non-hydrogen) atoms. The van der Waals surface area contributed by atoms with Gasteiger partial charge in [0.05, 0.1) is 12.2 Å². The van der Waals surface area contributed by atoms with Crippen molar-refractivity contribution in [1.29, 1.82) is 0 Å². The number of ether oxygens (including phenoxy) is 1. The van der Waals surface area contributed by atoms with Crippen LogP contribution in [0.25, 0.3) is 0 Å². The Hall–Kier alpha value is -1.58. The number of rotatable bonds is 11. The molecule has 1 rings (SSSR count). The van der Waals surface area contributed by atoms with Gasteiger partial charge in [-0.15, -0.1) is 0 Å². The molecule has 0 aromatic carbocycles. The molecular weight excluding hydrogens is 278 g/mol. The van der Waals surface area contributed by atoms with Crippen LogP contribution in [0, 0.1) is 0 Å². The van der Waals surface area contributed by atoms with Crippen LogP contribution in [0.1, 0.15) is 75.6 Å². The standard InChI is InChI=1S/C18H29NO3/c1-3-5-7-9-13-19-15-16(11-12-17(19)20)18(21)22-14-10-8-6-4-2/h11-12,15H,3-10,13-14H2,1-2H3. The Morgan fingerprint density at radius 2 is 1.68 bits per heavy atom. The molecule has 0 N–H and O–H groups in total. The highest BCUT2D eigenvalue weighted by Gasteiger charge is 2.08. The van der Waals surface area contributed by atoms with E-state index in [-0.39, 0.29) is 11.5 Å². The Morgan fingerprint density at radius 1 is 1.00 bits per heavy atom. The summed E-state index contributed by atoms with van der Waals surface area (Å²) >= 11 is 0. The molecule has 0 spiro atoms. The highest BCUT2D eigenvalue weighted by Crippen LogP contribution is 2.05. The molecule has 0 bridgehead atoms. The maximum absolute atomic E-state index is 12.0. The second-order valence-electron chi connectivity index (χ2n) is 5.71. The van der Waals surface area contributed by atoms with Crippen molar-refractivity contribution in [3.05, 3.63) is 34.2 Å². The van der Waals surface area contributed by atoms with Crippen LogP contribution < -0.4 is 5.56 Å². The maximum atomic E-state index is 12.0. The molecule has 0 aliphatic heterocycles. The summed E-state index contributed by atoms with van der Waals surface area (Å²) in [5, 5.41) is 0. The first kappa shape index (κ1) is 18.5. The van der Waals surface area contributed by atoms with Crippen molar-refractivity contribution in [3.8, 4) is 0 Å². The van der Waals surface area contributed by atoms with Crippen LogP contribution in [0.15, 0.2) is 23.1 Å². The summed E-state index contributed by atoms with van der Waals surface area (Å²) in [6.07, 6.45) is 10.3. The van der Waals surface area contributed by atoms with Crippen molar-refractivity contribution in [2.24, 2.45) is 0 Å². The third-order valence-electron chi connectivity index (χ3n) is 3.70. The Morgan fingerprint density at radius 3 is 2.36 bits per heavy atom. The summed E-state index contributed by atoms with van der Waals surface area (Å²) in [5.74, 6) is -0.334. The van der Waals surface area contributed by atoms with E-state index in [0.29, 0.717) is 18.7 Å². The van der Waals surface area contributed by atoms with E-state index in [4.69, 9.17) is 4.74 Å². The van der Waals surface area contributed by atoms with Crippen LogP contribution in [0.3, 0.4) is 0 Å². The van der Waals surface area contributed by atoms with Gasteiger partial charge in [0.1, 0.15) is 0 Å². The van der Waals surface area contributed by atoms with E-state index in [1.807, 2.05) is 0 Å². The molecule has 1 heterocycles. The third kappa shape index (κ3) is 6.92. The topological polar surface area (TPSA) is 48.3 Å². The fraction of sp³-hybridized carbons (Fsp3) is 0.667. The lowest BCUT2D eigenvalue weighted by molar-refractivity contribution is 0.0496. The Bertz CT molecular complexity index is 493. The monoisotopic (exact) mass is 307 g/mol. The molecule has 1 aromatic rings. The van der Waals surface area contributed by atoms with E-state index in [9.17, 15) is 9.59 Å². The number of aryl methyl sites for hydroxylation is 1. The summed E-state index contributed by atoms with van der Waals surface area (Å²) in [7, 11) is 0. The van der Waals surface area contributed by atoms with Crippen LogP contribution in [0.5, 0.6) is 0 Å². The number of aromatic nitrogens is 1. The quantitative estimate of drug-likeness (QED) is 0.455. The molecule has 0 radical (unpaired) electrons. The molecule has 1 aromatic heterocycles. The lowest BCUT2D eigenvalue weighted by Gasteiger charge is -2.08. The zero-order valence-corrected chi connectivity index (χ0v) is 14.0. The molecule has 0 fully saturated rings. The molecule has 0 atom stereocenters. The van der Waals surface area contributed by atoms with Gasteiger partial charge in [0.2, 0.25) is 0 Å². The van der Waals surface area contributed by atoms with Crippen LogP contribution in [0.4, 0.5) is 0 Å². The lowest BCUT2D eigenvalue weighted by atomic mass is 10.2. The average molecular weight is 307 g/mol. The summed E-state index contributed by atoms with van der Waals surface area (Å²) in [4.78, 5) is 23.8. The van der Waals surface area contributed by atoms with E-state index in [1.165, 1.54) is 25.3 Å². The highest BCUT2D eigenvalue weighted by molar-refractivity contribution is 5.88. The highest BCUT2D eigenvalue weighted by atomic mass is 16.5. The van der Waals surface area contributed by atoms with Crippen LogP contribution in [-0.2, 0) is 11.3 Å². The molecule has 0 saturated heterocycles. The molecule has 0 aliphatic rings. The molecular formula is C18H29NO3. The zero-order valence-electron chi connectivity index (χ0n) is 14.0. The first-order valence-electron chi connectivity index (χ1n) is 8.56. The molecule has 0 amide bonds. The van der Waals surface area contributed by atoms with Crippen molar-refractivity contribution in [2.45, 2.75) is 71.8 Å². The van der Waals surface area contributed by atoms with E-state index < -0.39 is 0 Å². The van der Waals surface area contributed by atoms with Crippen LogP contribution in [-0.4, -0.2) is 17.1 Å². The number of unbranched alkanes of at least 4 members (excludes halogenated alkanes) is 6. The van der Waals surface area contributed by atoms with Gasteiger partial charge in [0.15, 0.2) is 0 Å². The van der Waals surface area contributed by atoms with Gasteiger partial charge >= 0.3 is 5.97 Å². The lowest BCUT2D eigenvalue weighted by Crippen LogP contribution is -2.21. The minimum atomic E-state index is -0.334. The smallest absolute Gasteiger partial charge is 0.339 e. The minimum Gasteiger partial charge on any atom is -0.462 e. The van der Waals surface area contributed by atoms with Crippen LogP contribution in [0.2, 0.25) is 0 Å². The van der Waals surface area contributed by atoms with Gasteiger partial charge in [-0.05, 0) is 18.9 Å². The first-order valence-corrected chi connectivity index (χ1v) is 8.56.